The highest BCUT2D eigenvalue weighted by molar-refractivity contribution is 5.88. The summed E-state index contributed by atoms with van der Waals surface area (Å²) >= 11 is 0. The van der Waals surface area contributed by atoms with Crippen LogP contribution in [0.15, 0.2) is 24.3 Å². The molecule has 1 N–H and O–H groups in total. The molecule has 1 aromatic carbocycles. The highest BCUT2D eigenvalue weighted by atomic mass is 16.5. The quantitative estimate of drug-likeness (QED) is 0.641. The number of unbranched alkanes of at least 4 members (excludes halogenated alkanes) is 1. The Balaban J connectivity index is 0.000000379. The molecule has 6 nitrogen and oxygen atoms in total. The number of carbonyl (C=O) groups is 2. The first-order chi connectivity index (χ1) is 11.1. The van der Waals surface area contributed by atoms with Gasteiger partial charge in [-0.15, -0.1) is 0 Å². The molecule has 128 valence electrons. The lowest BCUT2D eigenvalue weighted by Gasteiger charge is -2.34. The van der Waals surface area contributed by atoms with Gasteiger partial charge in [-0.1, -0.05) is 13.3 Å². The van der Waals surface area contributed by atoms with Crippen molar-refractivity contribution < 1.29 is 19.4 Å². The second-order valence-electron chi connectivity index (χ2n) is 5.33. The predicted molar refractivity (Wildman–Crippen MR) is 90.0 cm³/mol. The fraction of sp³-hybridized carbons (Fsp3) is 0.529. The van der Waals surface area contributed by atoms with Crippen LogP contribution in [0.5, 0.6) is 0 Å². The van der Waals surface area contributed by atoms with Gasteiger partial charge < -0.3 is 19.6 Å². The van der Waals surface area contributed by atoms with E-state index >= 15 is 0 Å². The van der Waals surface area contributed by atoms with E-state index in [9.17, 15) is 9.59 Å². The van der Waals surface area contributed by atoms with Crippen LogP contribution in [0.1, 0.15) is 30.1 Å². The number of rotatable bonds is 6. The number of aromatic carboxylic acids is 1. The molecule has 1 heterocycles. The second kappa shape index (κ2) is 10.6. The van der Waals surface area contributed by atoms with E-state index in [1.165, 1.54) is 12.8 Å². The van der Waals surface area contributed by atoms with Gasteiger partial charge in [0.2, 0.25) is 6.41 Å². The van der Waals surface area contributed by atoms with Crippen molar-refractivity contribution in [2.45, 2.75) is 19.8 Å². The third-order valence-electron chi connectivity index (χ3n) is 3.64. The molecule has 23 heavy (non-hydrogen) atoms. The lowest BCUT2D eigenvalue weighted by atomic mass is 10.2. The van der Waals surface area contributed by atoms with Crippen LogP contribution in [0.2, 0.25) is 0 Å². The third-order valence-corrected chi connectivity index (χ3v) is 3.64. The summed E-state index contributed by atoms with van der Waals surface area (Å²) in [6, 6.07) is 6.81. The summed E-state index contributed by atoms with van der Waals surface area (Å²) in [5.74, 6) is -0.915. The summed E-state index contributed by atoms with van der Waals surface area (Å²) in [6.45, 7) is 6.06. The first-order valence-corrected chi connectivity index (χ1v) is 7.89. The van der Waals surface area contributed by atoms with Crippen molar-refractivity contribution in [3.05, 3.63) is 29.8 Å². The van der Waals surface area contributed by atoms with Crippen LogP contribution >= 0.6 is 0 Å². The molecule has 1 aliphatic rings. The van der Waals surface area contributed by atoms with Gasteiger partial charge >= 0.3 is 5.97 Å². The van der Waals surface area contributed by atoms with Crippen molar-refractivity contribution in [3.63, 3.8) is 0 Å². The van der Waals surface area contributed by atoms with Crippen LogP contribution in [0.4, 0.5) is 5.69 Å². The molecule has 1 amide bonds. The number of hydrogen-bond donors (Lipinski definition) is 1. The maximum Gasteiger partial charge on any atom is 0.335 e. The monoisotopic (exact) mass is 322 g/mol. The molecule has 0 atom stereocenters. The molecule has 0 aliphatic carbocycles. The number of amides is 1. The second-order valence-corrected chi connectivity index (χ2v) is 5.33. The van der Waals surface area contributed by atoms with Gasteiger partial charge in [0, 0.05) is 45.6 Å². The average molecular weight is 322 g/mol. The topological polar surface area (TPSA) is 70.1 Å². The van der Waals surface area contributed by atoms with Gasteiger partial charge in [0.05, 0.1) is 5.56 Å². The van der Waals surface area contributed by atoms with E-state index in [4.69, 9.17) is 9.84 Å². The predicted octanol–water partition coefficient (Wildman–Crippen LogP) is 2.10. The maximum atomic E-state index is 10.7. The zero-order chi connectivity index (χ0) is 17.1. The van der Waals surface area contributed by atoms with Crippen LogP contribution in [0.25, 0.3) is 0 Å². The van der Waals surface area contributed by atoms with E-state index in [0.29, 0.717) is 18.7 Å². The molecular formula is C17H26N2O4. The molecule has 0 bridgehead atoms. The smallest absolute Gasteiger partial charge is 0.335 e. The summed E-state index contributed by atoms with van der Waals surface area (Å²) in [7, 11) is 1.73. The first kappa shape index (κ1) is 19.0. The van der Waals surface area contributed by atoms with Crippen LogP contribution in [0, 0.1) is 0 Å². The van der Waals surface area contributed by atoms with Gasteiger partial charge in [-0.2, -0.15) is 0 Å². The van der Waals surface area contributed by atoms with E-state index in [0.717, 1.165) is 31.8 Å². The van der Waals surface area contributed by atoms with Crippen molar-refractivity contribution in [3.8, 4) is 0 Å². The molecule has 0 radical (unpaired) electrons. The van der Waals surface area contributed by atoms with Gasteiger partial charge in [0.1, 0.15) is 0 Å². The molecule has 1 saturated heterocycles. The van der Waals surface area contributed by atoms with E-state index in [1.807, 2.05) is 0 Å². The summed E-state index contributed by atoms with van der Waals surface area (Å²) in [6.07, 6.45) is 3.29. The Hall–Kier alpha value is -2.08. The maximum absolute atomic E-state index is 10.7. The molecule has 6 heteroatoms. The third kappa shape index (κ3) is 6.69. The Morgan fingerprint density at radius 1 is 1.22 bits per heavy atom. The SMILES string of the molecule is CCCCOC.O=CN1CCN(c2ccc(C(=O)O)cc2)CC1. The Bertz CT molecular complexity index is 464. The van der Waals surface area contributed by atoms with Crippen LogP contribution in [-0.4, -0.2) is 62.3 Å². The van der Waals surface area contributed by atoms with Gasteiger partial charge in [-0.3, -0.25) is 4.79 Å². The number of methoxy groups -OCH3 is 1. The largest absolute Gasteiger partial charge is 0.478 e. The van der Waals surface area contributed by atoms with E-state index in [-0.39, 0.29) is 0 Å². The number of hydrogen-bond acceptors (Lipinski definition) is 4. The molecule has 1 fully saturated rings. The van der Waals surface area contributed by atoms with Crippen molar-refractivity contribution in [1.82, 2.24) is 4.90 Å². The summed E-state index contributed by atoms with van der Waals surface area (Å²) in [4.78, 5) is 25.2. The Morgan fingerprint density at radius 3 is 2.22 bits per heavy atom. The number of carboxylic acid groups (broad SMARTS) is 1. The molecule has 0 aromatic heterocycles. The van der Waals surface area contributed by atoms with Gasteiger partial charge in [0.15, 0.2) is 0 Å². The number of nitrogens with zero attached hydrogens (tertiary/aromatic N) is 2. The minimum atomic E-state index is -0.915. The summed E-state index contributed by atoms with van der Waals surface area (Å²) < 4.78 is 4.78. The van der Waals surface area contributed by atoms with Crippen molar-refractivity contribution in [1.29, 1.82) is 0 Å². The number of carboxylic acids is 1. The van der Waals surface area contributed by atoms with Crippen molar-refractivity contribution in [2.75, 3.05) is 44.8 Å². The fourth-order valence-electron chi connectivity index (χ4n) is 2.19. The van der Waals surface area contributed by atoms with Gasteiger partial charge in [-0.25, -0.2) is 4.79 Å². The normalized spacial score (nSPS) is 14.0. The molecular weight excluding hydrogens is 296 g/mol. The fourth-order valence-corrected chi connectivity index (χ4v) is 2.19. The number of ether oxygens (including phenoxy) is 1. The van der Waals surface area contributed by atoms with Crippen LogP contribution < -0.4 is 4.90 Å². The minimum absolute atomic E-state index is 0.292. The number of carbonyl (C=O) groups excluding carboxylic acids is 1. The number of piperazine rings is 1. The summed E-state index contributed by atoms with van der Waals surface area (Å²) in [5.41, 5.74) is 1.29. The Labute approximate surface area is 137 Å². The van der Waals surface area contributed by atoms with Crippen molar-refractivity contribution in [2.24, 2.45) is 0 Å². The molecule has 1 aromatic rings. The van der Waals surface area contributed by atoms with E-state index < -0.39 is 5.97 Å². The summed E-state index contributed by atoms with van der Waals surface area (Å²) in [5, 5.41) is 8.79. The van der Waals surface area contributed by atoms with Gasteiger partial charge in [0.25, 0.3) is 0 Å². The highest BCUT2D eigenvalue weighted by Gasteiger charge is 2.15. The average Bonchev–Trinajstić information content (AvgIpc) is 2.60. The molecule has 0 unspecified atom stereocenters. The first-order valence-electron chi connectivity index (χ1n) is 7.89. The zero-order valence-electron chi connectivity index (χ0n) is 13.9. The Kier molecular flexibility index (Phi) is 8.75. The standard InChI is InChI=1S/C12H14N2O3.C5H12O/c15-9-13-5-7-14(8-6-13)11-3-1-10(2-4-11)12(16)17;1-3-4-5-6-2/h1-4,9H,5-8H2,(H,16,17);3-5H2,1-2H3. The number of anilines is 1. The highest BCUT2D eigenvalue weighted by Crippen LogP contribution is 2.16. The lowest BCUT2D eigenvalue weighted by Crippen LogP contribution is -2.45. The zero-order valence-corrected chi connectivity index (χ0v) is 13.9. The molecule has 0 spiro atoms. The molecule has 1 aliphatic heterocycles. The van der Waals surface area contributed by atoms with Crippen molar-refractivity contribution >= 4 is 18.1 Å². The number of benzene rings is 1. The lowest BCUT2D eigenvalue weighted by molar-refractivity contribution is -0.118. The molecule has 2 rings (SSSR count). The van der Waals surface area contributed by atoms with Gasteiger partial charge in [-0.05, 0) is 30.7 Å². The Morgan fingerprint density at radius 2 is 1.83 bits per heavy atom. The molecule has 0 saturated carbocycles. The van der Waals surface area contributed by atoms with E-state index in [1.54, 1.807) is 36.3 Å². The van der Waals surface area contributed by atoms with Crippen LogP contribution in [0.3, 0.4) is 0 Å². The van der Waals surface area contributed by atoms with E-state index in [2.05, 4.69) is 11.8 Å². The van der Waals surface area contributed by atoms with Crippen LogP contribution in [-0.2, 0) is 9.53 Å². The minimum Gasteiger partial charge on any atom is -0.478 e.